The van der Waals surface area contributed by atoms with Gasteiger partial charge in [-0.1, -0.05) is 140 Å². The Morgan fingerprint density at radius 2 is 1.09 bits per heavy atom. The minimum absolute atomic E-state index is 0.652. The fraction of sp³-hybridized carbons (Fsp3) is 0. The van der Waals surface area contributed by atoms with Gasteiger partial charge in [-0.25, -0.2) is 9.97 Å². The van der Waals surface area contributed by atoms with Crippen LogP contribution in [0.25, 0.3) is 121 Å². The predicted octanol–water partition coefficient (Wildman–Crippen LogP) is 13.1. The lowest BCUT2D eigenvalue weighted by molar-refractivity contribution is 0.662. The first-order chi connectivity index (χ1) is 27.3. The third-order valence-corrected chi connectivity index (χ3v) is 11.7. The zero-order valence-electron chi connectivity index (χ0n) is 29.4. The summed E-state index contributed by atoms with van der Waals surface area (Å²) in [4.78, 5) is 10.7. The lowest BCUT2D eigenvalue weighted by Gasteiger charge is -2.11. The van der Waals surface area contributed by atoms with E-state index in [1.807, 2.05) is 24.3 Å². The zero-order chi connectivity index (χ0) is 35.8. The molecule has 13 aromatic rings. The van der Waals surface area contributed by atoms with Gasteiger partial charge in [0, 0.05) is 48.7 Å². The Hall–Kier alpha value is -7.50. The van der Waals surface area contributed by atoms with E-state index in [1.54, 1.807) is 0 Å². The Labute approximate surface area is 313 Å². The van der Waals surface area contributed by atoms with Crippen molar-refractivity contribution in [3.63, 3.8) is 0 Å². The number of benzene rings is 8. The van der Waals surface area contributed by atoms with Gasteiger partial charge in [0.25, 0.3) is 0 Å². The van der Waals surface area contributed by atoms with Crippen molar-refractivity contribution in [1.82, 2.24) is 18.9 Å². The van der Waals surface area contributed by atoms with Crippen LogP contribution in [0, 0.1) is 0 Å². The molecule has 13 rings (SSSR count). The van der Waals surface area contributed by atoms with Crippen LogP contribution in [-0.4, -0.2) is 18.9 Å². The standard InChI is InChI=1S/C50H28N4O/c1-2-12-29(13-3-1)30-22-24-32(25-23-30)49-51-45-36-18-8-11-21-42(36)55-48(45)50(52-49)53-40-20-10-7-17-35(40)43-41(53)28-38-34-16-6-9-19-39(34)54-46-33-15-5-4-14-31(33)26-27-37(46)44(43)47(38)54/h1-28H. The maximum Gasteiger partial charge on any atom is 0.197 e. The Balaban J connectivity index is 1.20. The summed E-state index contributed by atoms with van der Waals surface area (Å²) in [5.74, 6) is 1.38. The topological polar surface area (TPSA) is 48.3 Å². The van der Waals surface area contributed by atoms with Crippen LogP contribution in [0.5, 0.6) is 0 Å². The maximum absolute atomic E-state index is 6.74. The maximum atomic E-state index is 6.74. The molecule has 8 aromatic carbocycles. The molecule has 0 atom stereocenters. The van der Waals surface area contributed by atoms with E-state index in [9.17, 15) is 0 Å². The van der Waals surface area contributed by atoms with Crippen molar-refractivity contribution in [3.8, 4) is 28.3 Å². The van der Waals surface area contributed by atoms with E-state index in [-0.39, 0.29) is 0 Å². The van der Waals surface area contributed by atoms with Crippen molar-refractivity contribution < 1.29 is 4.42 Å². The highest BCUT2D eigenvalue weighted by molar-refractivity contribution is 6.37. The number of hydrogen-bond donors (Lipinski definition) is 0. The van der Waals surface area contributed by atoms with Crippen LogP contribution in [0.3, 0.4) is 0 Å². The van der Waals surface area contributed by atoms with Crippen molar-refractivity contribution in [2.75, 3.05) is 0 Å². The van der Waals surface area contributed by atoms with Crippen molar-refractivity contribution in [3.05, 3.63) is 170 Å². The van der Waals surface area contributed by atoms with E-state index in [4.69, 9.17) is 14.4 Å². The number of hydrogen-bond acceptors (Lipinski definition) is 3. The molecule has 0 bridgehead atoms. The van der Waals surface area contributed by atoms with Crippen molar-refractivity contribution in [2.45, 2.75) is 0 Å². The quantitative estimate of drug-likeness (QED) is 0.184. The highest BCUT2D eigenvalue weighted by Gasteiger charge is 2.27. The molecule has 0 unspecified atom stereocenters. The van der Waals surface area contributed by atoms with Gasteiger partial charge in [-0.2, -0.15) is 0 Å². The Morgan fingerprint density at radius 1 is 0.418 bits per heavy atom. The van der Waals surface area contributed by atoms with Crippen molar-refractivity contribution >= 4 is 92.7 Å². The van der Waals surface area contributed by atoms with Crippen LogP contribution in [0.4, 0.5) is 0 Å². The summed E-state index contributed by atoms with van der Waals surface area (Å²) in [7, 11) is 0. The van der Waals surface area contributed by atoms with Gasteiger partial charge in [-0.05, 0) is 46.8 Å². The largest absolute Gasteiger partial charge is 0.450 e. The van der Waals surface area contributed by atoms with E-state index in [0.717, 1.165) is 44.5 Å². The second kappa shape index (κ2) is 10.6. The minimum Gasteiger partial charge on any atom is -0.450 e. The SMILES string of the molecule is c1ccc(-c2ccc(-c3nc(-n4c5ccccc5c5c6c7ccc8ccccc8c7n7c8ccccc8c(cc54)c67)c4oc5ccccc5c4n3)cc2)cc1. The molecule has 0 radical (unpaired) electrons. The molecule has 0 aliphatic rings. The van der Waals surface area contributed by atoms with Crippen molar-refractivity contribution in [2.24, 2.45) is 0 Å². The van der Waals surface area contributed by atoms with Crippen LogP contribution >= 0.6 is 0 Å². The molecule has 0 spiro atoms. The monoisotopic (exact) mass is 700 g/mol. The summed E-state index contributed by atoms with van der Waals surface area (Å²) in [5, 5.41) is 10.8. The number of fused-ring (bicyclic) bond motifs is 15. The molecule has 0 fully saturated rings. The van der Waals surface area contributed by atoms with E-state index < -0.39 is 0 Å². The first-order valence-electron chi connectivity index (χ1n) is 18.7. The number of aromatic nitrogens is 4. The van der Waals surface area contributed by atoms with E-state index in [0.29, 0.717) is 11.4 Å². The first kappa shape index (κ1) is 29.0. The normalized spacial score (nSPS) is 12.4. The van der Waals surface area contributed by atoms with Crippen LogP contribution in [-0.2, 0) is 0 Å². The van der Waals surface area contributed by atoms with E-state index in [1.165, 1.54) is 65.2 Å². The predicted molar refractivity (Wildman–Crippen MR) is 227 cm³/mol. The molecule has 0 amide bonds. The average molecular weight is 701 g/mol. The van der Waals surface area contributed by atoms with E-state index in [2.05, 4.69) is 155 Å². The fourth-order valence-corrected chi connectivity index (χ4v) is 9.29. The lowest BCUT2D eigenvalue weighted by Crippen LogP contribution is -2.01. The number of rotatable bonds is 3. The van der Waals surface area contributed by atoms with Gasteiger partial charge in [0.05, 0.1) is 27.6 Å². The van der Waals surface area contributed by atoms with E-state index >= 15 is 0 Å². The van der Waals surface area contributed by atoms with Gasteiger partial charge in [0.2, 0.25) is 0 Å². The third kappa shape index (κ3) is 3.81. The summed E-state index contributed by atoms with van der Waals surface area (Å²) in [5.41, 5.74) is 11.4. The Bertz CT molecular complexity index is 3700. The van der Waals surface area contributed by atoms with Crippen LogP contribution in [0.1, 0.15) is 0 Å². The van der Waals surface area contributed by atoms with Gasteiger partial charge in [-0.15, -0.1) is 0 Å². The fourth-order valence-electron chi connectivity index (χ4n) is 9.29. The van der Waals surface area contributed by atoms with Crippen LogP contribution < -0.4 is 0 Å². The molecule has 5 aromatic heterocycles. The molecule has 55 heavy (non-hydrogen) atoms. The molecule has 0 N–H and O–H groups in total. The lowest BCUT2D eigenvalue weighted by atomic mass is 10.00. The van der Waals surface area contributed by atoms with Gasteiger partial charge >= 0.3 is 0 Å². The zero-order valence-corrected chi connectivity index (χ0v) is 29.4. The van der Waals surface area contributed by atoms with Gasteiger partial charge in [0.15, 0.2) is 17.2 Å². The van der Waals surface area contributed by atoms with Gasteiger partial charge < -0.3 is 8.82 Å². The molecule has 0 saturated carbocycles. The summed E-state index contributed by atoms with van der Waals surface area (Å²) in [6.07, 6.45) is 0. The number of furan rings is 1. The summed E-state index contributed by atoms with van der Waals surface area (Å²) in [6, 6.07) is 60.4. The molecule has 0 aliphatic carbocycles. The minimum atomic E-state index is 0.652. The molecule has 0 aliphatic heterocycles. The third-order valence-electron chi connectivity index (χ3n) is 11.7. The molecule has 5 nitrogen and oxygen atoms in total. The molecule has 254 valence electrons. The summed E-state index contributed by atoms with van der Waals surface area (Å²) in [6.45, 7) is 0. The molecular formula is C50H28N4O. The van der Waals surface area contributed by atoms with Crippen molar-refractivity contribution in [1.29, 1.82) is 0 Å². The van der Waals surface area contributed by atoms with Crippen LogP contribution in [0.15, 0.2) is 174 Å². The molecular weight excluding hydrogens is 673 g/mol. The molecule has 0 saturated heterocycles. The van der Waals surface area contributed by atoms with Crippen LogP contribution in [0.2, 0.25) is 0 Å². The Kier molecular flexibility index (Phi) is 5.57. The second-order valence-electron chi connectivity index (χ2n) is 14.5. The highest BCUT2D eigenvalue weighted by Crippen LogP contribution is 2.48. The first-order valence-corrected chi connectivity index (χ1v) is 18.7. The average Bonchev–Trinajstić information content (AvgIpc) is 3.99. The Morgan fingerprint density at radius 3 is 1.95 bits per heavy atom. The number of nitrogens with zero attached hydrogens (tertiary/aromatic N) is 4. The summed E-state index contributed by atoms with van der Waals surface area (Å²) >= 11 is 0. The smallest absolute Gasteiger partial charge is 0.197 e. The highest BCUT2D eigenvalue weighted by atomic mass is 16.3. The molecule has 5 heterocycles. The van der Waals surface area contributed by atoms with Gasteiger partial charge in [-0.3, -0.25) is 4.57 Å². The molecule has 5 heteroatoms. The number of para-hydroxylation sites is 3. The second-order valence-corrected chi connectivity index (χ2v) is 14.5. The van der Waals surface area contributed by atoms with Gasteiger partial charge in [0.1, 0.15) is 11.1 Å². The summed E-state index contributed by atoms with van der Waals surface area (Å²) < 4.78 is 11.6.